The quantitative estimate of drug-likeness (QED) is 0.757. The molecule has 10 heteroatoms. The Morgan fingerprint density at radius 2 is 2.13 bits per heavy atom. The second kappa shape index (κ2) is 7.05. The molecule has 5 rings (SSSR count). The lowest BCUT2D eigenvalue weighted by molar-refractivity contribution is 0.224. The van der Waals surface area contributed by atoms with Crippen molar-refractivity contribution in [3.05, 3.63) is 34.3 Å². The first-order valence-corrected chi connectivity index (χ1v) is 11.8. The number of hydrogen-bond acceptors (Lipinski definition) is 4. The Balaban J connectivity index is 1.53. The van der Waals surface area contributed by atoms with E-state index in [4.69, 9.17) is 9.88 Å². The van der Waals surface area contributed by atoms with Gasteiger partial charge in [-0.3, -0.25) is 0 Å². The maximum atomic E-state index is 15.0. The zero-order chi connectivity index (χ0) is 21.0. The van der Waals surface area contributed by atoms with Crippen LogP contribution >= 0.6 is 0 Å². The van der Waals surface area contributed by atoms with E-state index in [1.165, 1.54) is 6.20 Å². The van der Waals surface area contributed by atoms with Crippen LogP contribution in [0, 0.1) is 5.82 Å². The highest BCUT2D eigenvalue weighted by atomic mass is 32.2. The fourth-order valence-electron chi connectivity index (χ4n) is 4.86. The van der Waals surface area contributed by atoms with Crippen LogP contribution in [-0.4, -0.2) is 26.6 Å². The summed E-state index contributed by atoms with van der Waals surface area (Å²) in [6.07, 6.45) is 5.83. The lowest BCUT2D eigenvalue weighted by Crippen LogP contribution is -2.21. The highest BCUT2D eigenvalue weighted by Gasteiger charge is 2.33. The minimum absolute atomic E-state index is 0.111. The van der Waals surface area contributed by atoms with Gasteiger partial charge in [0.2, 0.25) is 5.88 Å². The Hall–Kier alpha value is -2.46. The SMILES string of the molecule is C[C@@H]1CCc2c(F)c3c(c(NC(=O)N=S(N)(=O)c4cnn5c4OCCC5)c21)CCC3. The number of anilines is 1. The van der Waals surface area contributed by atoms with Crippen LogP contribution in [0.1, 0.15) is 54.4 Å². The largest absolute Gasteiger partial charge is 0.477 e. The zero-order valence-corrected chi connectivity index (χ0v) is 17.6. The maximum Gasteiger partial charge on any atom is 0.354 e. The number of nitrogens with zero attached hydrogens (tertiary/aromatic N) is 3. The molecule has 0 saturated carbocycles. The van der Waals surface area contributed by atoms with Crippen molar-refractivity contribution >= 4 is 21.6 Å². The van der Waals surface area contributed by atoms with Gasteiger partial charge in [-0.25, -0.2) is 23.2 Å². The van der Waals surface area contributed by atoms with Crippen LogP contribution in [0.15, 0.2) is 15.5 Å². The summed E-state index contributed by atoms with van der Waals surface area (Å²) in [6.45, 7) is 3.12. The molecule has 1 aromatic heterocycles. The van der Waals surface area contributed by atoms with Gasteiger partial charge in [0.25, 0.3) is 0 Å². The van der Waals surface area contributed by atoms with E-state index in [0.717, 1.165) is 30.4 Å². The van der Waals surface area contributed by atoms with E-state index >= 15 is 0 Å². The number of rotatable bonds is 2. The van der Waals surface area contributed by atoms with Gasteiger partial charge in [-0.2, -0.15) is 5.10 Å². The third-order valence-corrected chi connectivity index (χ3v) is 7.59. The van der Waals surface area contributed by atoms with Crippen molar-refractivity contribution < 1.29 is 18.1 Å². The third kappa shape index (κ3) is 3.01. The fourth-order valence-corrected chi connectivity index (χ4v) is 5.86. The molecule has 8 nitrogen and oxygen atoms in total. The minimum Gasteiger partial charge on any atom is -0.477 e. The van der Waals surface area contributed by atoms with Crippen molar-refractivity contribution in [2.45, 2.75) is 62.8 Å². The van der Waals surface area contributed by atoms with E-state index in [2.05, 4.69) is 14.8 Å². The predicted octanol–water partition coefficient (Wildman–Crippen LogP) is 3.28. The summed E-state index contributed by atoms with van der Waals surface area (Å²) in [5.74, 6) is 0.305. The second-order valence-electron chi connectivity index (χ2n) is 8.16. The van der Waals surface area contributed by atoms with Crippen LogP contribution < -0.4 is 15.2 Å². The highest BCUT2D eigenvalue weighted by Crippen LogP contribution is 2.45. The zero-order valence-electron chi connectivity index (χ0n) is 16.7. The third-order valence-electron chi connectivity index (χ3n) is 6.24. The number of benzene rings is 1. The number of fused-ring (bicyclic) bond motifs is 3. The van der Waals surface area contributed by atoms with Crippen molar-refractivity contribution in [2.24, 2.45) is 9.50 Å². The van der Waals surface area contributed by atoms with Crippen LogP contribution in [0.3, 0.4) is 0 Å². The number of aromatic nitrogens is 2. The molecule has 3 aliphatic rings. The Morgan fingerprint density at radius 1 is 1.33 bits per heavy atom. The van der Waals surface area contributed by atoms with Crippen molar-refractivity contribution in [2.75, 3.05) is 11.9 Å². The van der Waals surface area contributed by atoms with E-state index in [-0.39, 0.29) is 16.6 Å². The predicted molar refractivity (Wildman–Crippen MR) is 110 cm³/mol. The van der Waals surface area contributed by atoms with Crippen molar-refractivity contribution in [3.63, 3.8) is 0 Å². The molecule has 0 saturated heterocycles. The molecule has 0 fully saturated rings. The number of urea groups is 1. The van der Waals surface area contributed by atoms with E-state index in [0.29, 0.717) is 55.1 Å². The van der Waals surface area contributed by atoms with E-state index < -0.39 is 15.9 Å². The Labute approximate surface area is 174 Å². The van der Waals surface area contributed by atoms with Gasteiger partial charge >= 0.3 is 6.03 Å². The molecule has 1 aliphatic heterocycles. The average Bonchev–Trinajstić information content (AvgIpc) is 3.43. The summed E-state index contributed by atoms with van der Waals surface area (Å²) in [6, 6.07) is -0.805. The molecule has 2 aliphatic carbocycles. The molecule has 3 N–H and O–H groups in total. The van der Waals surface area contributed by atoms with E-state index in [1.807, 2.05) is 6.92 Å². The normalized spacial score (nSPS) is 21.2. The molecule has 2 atom stereocenters. The van der Waals surface area contributed by atoms with Gasteiger partial charge in [0, 0.05) is 18.7 Å². The first kappa shape index (κ1) is 19.5. The van der Waals surface area contributed by atoms with Crippen molar-refractivity contribution in [1.29, 1.82) is 0 Å². The number of amides is 2. The summed E-state index contributed by atoms with van der Waals surface area (Å²) in [4.78, 5) is 12.9. The standard InChI is InChI=1S/C20H24FN5O3S/c1-11-6-7-14-16(11)18(13-5-2-4-12(13)17(14)21)24-20(27)25-30(22,28)15-10-23-26-8-3-9-29-19(15)26/h10-11H,2-9H2,1H3,(H3,22,24,25,27,28)/t11-,30?/m1/s1. The summed E-state index contributed by atoms with van der Waals surface area (Å²) < 4.78 is 38.9. The molecule has 2 amide bonds. The number of carbonyl (C=O) groups excluding carboxylic acids is 1. The number of aryl methyl sites for hydroxylation is 1. The van der Waals surface area contributed by atoms with Crippen molar-refractivity contribution in [1.82, 2.24) is 9.78 Å². The molecule has 2 heterocycles. The van der Waals surface area contributed by atoms with Crippen LogP contribution in [0.5, 0.6) is 5.88 Å². The molecule has 30 heavy (non-hydrogen) atoms. The lowest BCUT2D eigenvalue weighted by atomic mass is 9.94. The van der Waals surface area contributed by atoms with Gasteiger partial charge in [-0.1, -0.05) is 6.92 Å². The summed E-state index contributed by atoms with van der Waals surface area (Å²) in [5.41, 5.74) is 3.67. The van der Waals surface area contributed by atoms with E-state index in [1.54, 1.807) is 4.68 Å². The highest BCUT2D eigenvalue weighted by molar-refractivity contribution is 7.91. The van der Waals surface area contributed by atoms with Gasteiger partial charge in [0.05, 0.1) is 12.8 Å². The molecule has 0 radical (unpaired) electrons. The lowest BCUT2D eigenvalue weighted by Gasteiger charge is -2.19. The van der Waals surface area contributed by atoms with Gasteiger partial charge in [0.15, 0.2) is 9.92 Å². The van der Waals surface area contributed by atoms with Crippen LogP contribution in [0.4, 0.5) is 14.9 Å². The fraction of sp³-hybridized carbons (Fsp3) is 0.500. The smallest absolute Gasteiger partial charge is 0.354 e. The van der Waals surface area contributed by atoms with Crippen LogP contribution in [0.25, 0.3) is 0 Å². The minimum atomic E-state index is -3.55. The number of nitrogens with two attached hydrogens (primary N) is 1. The first-order valence-electron chi connectivity index (χ1n) is 10.3. The van der Waals surface area contributed by atoms with Gasteiger partial charge in [-0.05, 0) is 60.3 Å². The maximum absolute atomic E-state index is 15.0. The molecule has 0 bridgehead atoms. The topological polar surface area (TPSA) is 112 Å². The Morgan fingerprint density at radius 3 is 2.97 bits per heavy atom. The number of carbonyl (C=O) groups is 1. The Bertz CT molecular complexity index is 1180. The molecule has 2 aromatic rings. The Kier molecular flexibility index (Phi) is 4.59. The molecule has 1 unspecified atom stereocenters. The molecular weight excluding hydrogens is 409 g/mol. The van der Waals surface area contributed by atoms with Crippen LogP contribution in [0.2, 0.25) is 0 Å². The first-order chi connectivity index (χ1) is 14.4. The number of hydrogen-bond donors (Lipinski definition) is 2. The summed E-state index contributed by atoms with van der Waals surface area (Å²) >= 11 is 0. The van der Waals surface area contributed by atoms with Gasteiger partial charge in [-0.15, -0.1) is 4.36 Å². The number of nitrogens with one attached hydrogen (secondary N) is 1. The summed E-state index contributed by atoms with van der Waals surface area (Å²) in [7, 11) is -3.55. The monoisotopic (exact) mass is 433 g/mol. The molecule has 0 spiro atoms. The van der Waals surface area contributed by atoms with E-state index in [9.17, 15) is 13.4 Å². The number of halogens is 1. The molecular formula is C20H24FN5O3S. The van der Waals surface area contributed by atoms with Gasteiger partial charge in [0.1, 0.15) is 10.7 Å². The second-order valence-corrected chi connectivity index (χ2v) is 9.92. The molecule has 160 valence electrons. The average molecular weight is 434 g/mol. The molecule has 1 aromatic carbocycles. The van der Waals surface area contributed by atoms with Crippen LogP contribution in [-0.2, 0) is 35.7 Å². The number of ether oxygens (including phenoxy) is 1. The summed E-state index contributed by atoms with van der Waals surface area (Å²) in [5, 5.41) is 12.9. The van der Waals surface area contributed by atoms with Gasteiger partial charge < -0.3 is 10.1 Å². The van der Waals surface area contributed by atoms with Crippen molar-refractivity contribution in [3.8, 4) is 5.88 Å².